The van der Waals surface area contributed by atoms with Crippen molar-refractivity contribution in [3.63, 3.8) is 0 Å². The van der Waals surface area contributed by atoms with Crippen LogP contribution in [0.15, 0.2) is 0 Å². The second-order valence-corrected chi connectivity index (χ2v) is 7.58. The Kier molecular flexibility index (Phi) is 12.8. The zero-order valence-electron chi connectivity index (χ0n) is 17.7. The van der Waals surface area contributed by atoms with Crippen molar-refractivity contribution in [3.8, 4) is 0 Å². The fraction of sp³-hybridized carbons (Fsp3) is 0.722. The Morgan fingerprint density at radius 2 is 1.48 bits per heavy atom. The van der Waals surface area contributed by atoms with Crippen molar-refractivity contribution in [3.05, 3.63) is 0 Å². The molecule has 0 bridgehead atoms. The lowest BCUT2D eigenvalue weighted by atomic mass is 9.97. The predicted molar refractivity (Wildman–Crippen MR) is 113 cm³/mol. The molecule has 3 amide bonds. The third-order valence-electron chi connectivity index (χ3n) is 4.69. The highest BCUT2D eigenvalue weighted by molar-refractivity contribution is 7.80. The van der Waals surface area contributed by atoms with E-state index in [0.717, 1.165) is 0 Å². The molecule has 0 radical (unpaired) electrons. The number of aliphatic carboxylic acids is 2. The Morgan fingerprint density at radius 1 is 0.935 bits per heavy atom. The maximum atomic E-state index is 12.8. The molecule has 6 unspecified atom stereocenters. The number of carbonyl (C=O) groups is 5. The van der Waals surface area contributed by atoms with Gasteiger partial charge in [-0.05, 0) is 19.3 Å². The number of hydrogen-bond acceptors (Lipinski definition) is 8. The van der Waals surface area contributed by atoms with E-state index < -0.39 is 72.3 Å². The summed E-state index contributed by atoms with van der Waals surface area (Å²) >= 11 is 3.84. The Morgan fingerprint density at radius 3 is 1.90 bits per heavy atom. The van der Waals surface area contributed by atoms with E-state index in [2.05, 4.69) is 28.6 Å². The second-order valence-electron chi connectivity index (χ2n) is 7.21. The van der Waals surface area contributed by atoms with Gasteiger partial charge in [0, 0.05) is 12.2 Å². The standard InChI is InChI=1S/C18H32N4O8S/c1-4-8(2)14(22-16(27)13(19)9(3)23)17(28)20-10(5-6-12(24)25)15(26)21-11(7-31)18(29)30/h8-11,13-14,23,31H,4-7,19H2,1-3H3,(H,20,28)(H,21,26)(H,22,27)(H,24,25)(H,29,30). The van der Waals surface area contributed by atoms with E-state index in [0.29, 0.717) is 6.42 Å². The maximum absolute atomic E-state index is 12.8. The van der Waals surface area contributed by atoms with E-state index in [9.17, 15) is 29.1 Å². The average molecular weight is 465 g/mol. The molecule has 0 saturated heterocycles. The van der Waals surface area contributed by atoms with Crippen LogP contribution in [-0.2, 0) is 24.0 Å². The van der Waals surface area contributed by atoms with Crippen LogP contribution in [-0.4, -0.2) is 81.0 Å². The summed E-state index contributed by atoms with van der Waals surface area (Å²) in [5.41, 5.74) is 5.59. The summed E-state index contributed by atoms with van der Waals surface area (Å²) in [5, 5.41) is 34.5. The quantitative estimate of drug-likeness (QED) is 0.134. The van der Waals surface area contributed by atoms with Gasteiger partial charge in [-0.25, -0.2) is 4.79 Å². The molecule has 8 N–H and O–H groups in total. The third-order valence-corrected chi connectivity index (χ3v) is 5.06. The van der Waals surface area contributed by atoms with Gasteiger partial charge in [-0.15, -0.1) is 0 Å². The summed E-state index contributed by atoms with van der Waals surface area (Å²) in [7, 11) is 0. The first-order valence-electron chi connectivity index (χ1n) is 9.75. The van der Waals surface area contributed by atoms with Crippen LogP contribution in [0.2, 0.25) is 0 Å². The molecule has 0 rings (SSSR count). The van der Waals surface area contributed by atoms with E-state index in [4.69, 9.17) is 15.9 Å². The van der Waals surface area contributed by atoms with Crippen LogP contribution >= 0.6 is 12.6 Å². The Labute approximate surface area is 185 Å². The normalized spacial score (nSPS) is 16.7. The van der Waals surface area contributed by atoms with E-state index in [1.54, 1.807) is 13.8 Å². The lowest BCUT2D eigenvalue weighted by molar-refractivity contribution is -0.142. The first-order valence-corrected chi connectivity index (χ1v) is 10.4. The maximum Gasteiger partial charge on any atom is 0.327 e. The summed E-state index contributed by atoms with van der Waals surface area (Å²) < 4.78 is 0. The largest absolute Gasteiger partial charge is 0.481 e. The molecule has 0 aliphatic rings. The first kappa shape index (κ1) is 28.6. The van der Waals surface area contributed by atoms with Crippen molar-refractivity contribution in [2.45, 2.75) is 70.3 Å². The van der Waals surface area contributed by atoms with Crippen LogP contribution in [0, 0.1) is 5.92 Å². The van der Waals surface area contributed by atoms with Crippen LogP contribution in [0.3, 0.4) is 0 Å². The molecule has 0 aliphatic heterocycles. The number of aliphatic hydroxyl groups is 1. The van der Waals surface area contributed by atoms with Gasteiger partial charge < -0.3 is 37.0 Å². The van der Waals surface area contributed by atoms with Crippen molar-refractivity contribution in [1.82, 2.24) is 16.0 Å². The van der Waals surface area contributed by atoms with Crippen LogP contribution in [0.4, 0.5) is 0 Å². The van der Waals surface area contributed by atoms with Crippen molar-refractivity contribution in [2.75, 3.05) is 5.75 Å². The minimum absolute atomic E-state index is 0.219. The zero-order valence-corrected chi connectivity index (χ0v) is 18.6. The van der Waals surface area contributed by atoms with Gasteiger partial charge in [0.05, 0.1) is 6.10 Å². The summed E-state index contributed by atoms with van der Waals surface area (Å²) in [6.45, 7) is 4.76. The van der Waals surface area contributed by atoms with Gasteiger partial charge in [0.2, 0.25) is 17.7 Å². The zero-order chi connectivity index (χ0) is 24.3. The molecule has 0 spiro atoms. The number of hydrogen-bond donors (Lipinski definition) is 8. The number of rotatable bonds is 14. The molecule has 0 aromatic carbocycles. The summed E-state index contributed by atoms with van der Waals surface area (Å²) in [5.74, 6) is -5.62. The van der Waals surface area contributed by atoms with Gasteiger partial charge in [0.1, 0.15) is 24.2 Å². The SMILES string of the molecule is CCC(C)C(NC(=O)C(N)C(C)O)C(=O)NC(CCC(=O)O)C(=O)NC(CS)C(=O)O. The molecule has 0 aromatic rings. The van der Waals surface area contributed by atoms with Gasteiger partial charge >= 0.3 is 11.9 Å². The van der Waals surface area contributed by atoms with Crippen molar-refractivity contribution >= 4 is 42.3 Å². The van der Waals surface area contributed by atoms with E-state index >= 15 is 0 Å². The molecule has 0 aromatic heterocycles. The molecule has 0 aliphatic carbocycles. The van der Waals surface area contributed by atoms with E-state index in [1.165, 1.54) is 6.92 Å². The van der Waals surface area contributed by atoms with Crippen molar-refractivity contribution < 1.29 is 39.3 Å². The number of carbonyl (C=O) groups excluding carboxylic acids is 3. The van der Waals surface area contributed by atoms with Crippen LogP contribution in [0.1, 0.15) is 40.0 Å². The summed E-state index contributed by atoms with van der Waals surface area (Å²) in [6, 6.07) is -5.10. The van der Waals surface area contributed by atoms with E-state index in [-0.39, 0.29) is 12.2 Å². The molecule has 0 heterocycles. The van der Waals surface area contributed by atoms with Crippen molar-refractivity contribution in [1.29, 1.82) is 0 Å². The van der Waals surface area contributed by atoms with Gasteiger partial charge in [-0.2, -0.15) is 12.6 Å². The smallest absolute Gasteiger partial charge is 0.327 e. The Bertz CT molecular complexity index is 660. The van der Waals surface area contributed by atoms with Gasteiger partial charge in [-0.1, -0.05) is 20.3 Å². The molecule has 0 fully saturated rings. The highest BCUT2D eigenvalue weighted by Gasteiger charge is 2.33. The number of carboxylic acid groups (broad SMARTS) is 2. The fourth-order valence-electron chi connectivity index (χ4n) is 2.43. The van der Waals surface area contributed by atoms with E-state index in [1.807, 2.05) is 0 Å². The first-order chi connectivity index (χ1) is 14.3. The number of nitrogens with two attached hydrogens (primary N) is 1. The Balaban J connectivity index is 5.54. The van der Waals surface area contributed by atoms with Gasteiger partial charge in [-0.3, -0.25) is 19.2 Å². The summed E-state index contributed by atoms with van der Waals surface area (Å²) in [6.07, 6.45) is -1.47. The van der Waals surface area contributed by atoms with Crippen LogP contribution in [0.5, 0.6) is 0 Å². The molecular weight excluding hydrogens is 432 g/mol. The average Bonchev–Trinajstić information content (AvgIpc) is 2.70. The molecule has 12 nitrogen and oxygen atoms in total. The number of nitrogens with one attached hydrogen (secondary N) is 3. The molecule has 31 heavy (non-hydrogen) atoms. The molecule has 0 saturated carbocycles. The minimum Gasteiger partial charge on any atom is -0.481 e. The minimum atomic E-state index is -1.36. The van der Waals surface area contributed by atoms with Gasteiger partial charge in [0.25, 0.3) is 0 Å². The highest BCUT2D eigenvalue weighted by atomic mass is 32.1. The lowest BCUT2D eigenvalue weighted by Gasteiger charge is -2.28. The predicted octanol–water partition coefficient (Wildman–Crippen LogP) is -1.93. The van der Waals surface area contributed by atoms with Crippen LogP contribution < -0.4 is 21.7 Å². The highest BCUT2D eigenvalue weighted by Crippen LogP contribution is 2.10. The summed E-state index contributed by atoms with van der Waals surface area (Å²) in [4.78, 5) is 59.6. The molecular formula is C18H32N4O8S. The van der Waals surface area contributed by atoms with Gasteiger partial charge in [0.15, 0.2) is 0 Å². The molecule has 13 heteroatoms. The van der Waals surface area contributed by atoms with Crippen LogP contribution in [0.25, 0.3) is 0 Å². The third kappa shape index (κ3) is 9.98. The monoisotopic (exact) mass is 464 g/mol. The number of amides is 3. The molecule has 178 valence electrons. The Hall–Kier alpha value is -2.38. The second kappa shape index (κ2) is 13.8. The fourth-order valence-corrected chi connectivity index (χ4v) is 2.67. The van der Waals surface area contributed by atoms with Crippen molar-refractivity contribution in [2.24, 2.45) is 11.7 Å². The number of aliphatic hydroxyl groups excluding tert-OH is 1. The number of carboxylic acids is 2. The molecule has 6 atom stereocenters. The number of thiol groups is 1. The topological polar surface area (TPSA) is 208 Å². The lowest BCUT2D eigenvalue weighted by Crippen LogP contribution is -2.59.